The zero-order chi connectivity index (χ0) is 33.7. The molecule has 5 aromatic rings. The molecule has 4 heterocycles. The second-order valence-corrected chi connectivity index (χ2v) is 13.5. The van der Waals surface area contributed by atoms with Crippen LogP contribution in [0.15, 0.2) is 60.8 Å². The van der Waals surface area contributed by atoms with Gasteiger partial charge >= 0.3 is 0 Å². The number of rotatable bonds is 15. The third-order valence-corrected chi connectivity index (χ3v) is 10.4. The molecule has 0 atom stereocenters. The summed E-state index contributed by atoms with van der Waals surface area (Å²) in [4.78, 5) is 38.2. The van der Waals surface area contributed by atoms with Crippen LogP contribution in [0.3, 0.4) is 0 Å². The fourth-order valence-corrected chi connectivity index (χ4v) is 7.59. The largest absolute Gasteiger partial charge is 0.495 e. The Morgan fingerprint density at radius 1 is 0.979 bits per heavy atom. The van der Waals surface area contributed by atoms with Crippen LogP contribution in [-0.4, -0.2) is 71.8 Å². The maximum Gasteiger partial charge on any atom is 0.157 e. The van der Waals surface area contributed by atoms with Gasteiger partial charge in [-0.05, 0) is 37.7 Å². The fourth-order valence-electron chi connectivity index (χ4n) is 6.06. The SMILES string of the molecule is CNC1(CCC=O)CN(Cc2nc(-c3cccc(-c4cccc(Nc5nccc6sc(CNCC=O)nc56)c4Cl)c3Cl)ccc2OC)C1. The average Bonchev–Trinajstić information content (AvgIpc) is 3.51. The molecular formula is C35H35Cl2N7O3S. The van der Waals surface area contributed by atoms with Gasteiger partial charge in [-0.25, -0.2) is 15.0 Å². The molecule has 1 saturated heterocycles. The number of carbonyl (C=O) groups excluding carboxylic acids is 2. The summed E-state index contributed by atoms with van der Waals surface area (Å²) in [6, 6.07) is 17.3. The minimum absolute atomic E-state index is 0.0625. The Hall–Kier alpha value is -3.97. The summed E-state index contributed by atoms with van der Waals surface area (Å²) in [5.74, 6) is 1.29. The number of nitrogens with zero attached hydrogens (tertiary/aromatic N) is 4. The average molecular weight is 705 g/mol. The lowest BCUT2D eigenvalue weighted by molar-refractivity contribution is -0.109. The molecule has 0 radical (unpaired) electrons. The third-order valence-electron chi connectivity index (χ3n) is 8.52. The number of hydrogen-bond acceptors (Lipinski definition) is 11. The van der Waals surface area contributed by atoms with Crippen molar-refractivity contribution in [3.63, 3.8) is 0 Å². The quantitative estimate of drug-likeness (QED) is 0.0821. The number of thiazole rings is 1. The number of likely N-dealkylation sites (tertiary alicyclic amines) is 1. The molecule has 0 spiro atoms. The number of benzene rings is 2. The first-order chi connectivity index (χ1) is 23.4. The van der Waals surface area contributed by atoms with Gasteiger partial charge in [0.1, 0.15) is 28.8 Å². The maximum atomic E-state index is 11.0. The van der Waals surface area contributed by atoms with Crippen LogP contribution in [-0.2, 0) is 22.7 Å². The summed E-state index contributed by atoms with van der Waals surface area (Å²) in [5.41, 5.74) is 5.16. The Kier molecular flexibility index (Phi) is 10.6. The molecule has 1 aliphatic rings. The molecule has 248 valence electrons. The van der Waals surface area contributed by atoms with Crippen LogP contribution < -0.4 is 20.7 Å². The number of aldehydes is 2. The number of likely N-dealkylation sites (N-methyl/N-ethyl adjacent to an activating group) is 1. The summed E-state index contributed by atoms with van der Waals surface area (Å²) in [5, 5.41) is 11.7. The molecule has 10 nitrogen and oxygen atoms in total. The van der Waals surface area contributed by atoms with Gasteiger partial charge in [0.15, 0.2) is 5.82 Å². The first-order valence-electron chi connectivity index (χ1n) is 15.5. The van der Waals surface area contributed by atoms with E-state index in [9.17, 15) is 9.59 Å². The van der Waals surface area contributed by atoms with Crippen molar-refractivity contribution >= 4 is 68.8 Å². The van der Waals surface area contributed by atoms with Crippen molar-refractivity contribution in [2.24, 2.45) is 0 Å². The molecule has 0 amide bonds. The van der Waals surface area contributed by atoms with Crippen molar-refractivity contribution in [2.45, 2.75) is 31.5 Å². The number of halogens is 2. The summed E-state index contributed by atoms with van der Waals surface area (Å²) in [6.45, 7) is 3.00. The highest BCUT2D eigenvalue weighted by molar-refractivity contribution is 7.18. The van der Waals surface area contributed by atoms with Crippen molar-refractivity contribution in [1.29, 1.82) is 0 Å². The number of anilines is 2. The molecule has 13 heteroatoms. The van der Waals surface area contributed by atoms with E-state index in [2.05, 4.69) is 25.8 Å². The van der Waals surface area contributed by atoms with E-state index in [1.54, 1.807) is 24.6 Å². The van der Waals surface area contributed by atoms with Crippen molar-refractivity contribution in [3.05, 3.63) is 81.5 Å². The fraction of sp³-hybridized carbons (Fsp3) is 0.286. The van der Waals surface area contributed by atoms with Gasteiger partial charge in [0, 0.05) is 61.0 Å². The lowest BCUT2D eigenvalue weighted by atomic mass is 9.85. The molecule has 3 aromatic heterocycles. The number of methoxy groups -OCH3 is 1. The molecule has 0 unspecified atom stereocenters. The van der Waals surface area contributed by atoms with Crippen LogP contribution in [0.5, 0.6) is 5.75 Å². The lowest BCUT2D eigenvalue weighted by Crippen LogP contribution is -2.67. The lowest BCUT2D eigenvalue weighted by Gasteiger charge is -2.50. The highest BCUT2D eigenvalue weighted by Gasteiger charge is 2.41. The molecule has 0 aliphatic carbocycles. The summed E-state index contributed by atoms with van der Waals surface area (Å²) in [7, 11) is 3.59. The molecule has 0 saturated carbocycles. The molecular weight excluding hydrogens is 669 g/mol. The van der Waals surface area contributed by atoms with Crippen LogP contribution in [0.25, 0.3) is 32.6 Å². The number of fused-ring (bicyclic) bond motifs is 1. The van der Waals surface area contributed by atoms with Gasteiger partial charge in [-0.15, -0.1) is 11.3 Å². The maximum absolute atomic E-state index is 11.0. The standard InChI is InChI=1S/C35H35Cl2N7O3S/c1-38-35(13-5-16-45)20-44(21-35)19-27-28(47-2)11-10-25(41-27)24-8-3-6-22(31(24)36)23-7-4-9-26(32(23)37)42-34-33-29(12-14-40-34)48-30(43-33)18-39-15-17-46/h3-4,6-12,14,16-17,38-39H,5,13,15,18-21H2,1-2H3,(H,40,42). The van der Waals surface area contributed by atoms with Gasteiger partial charge in [0.2, 0.25) is 0 Å². The zero-order valence-electron chi connectivity index (χ0n) is 26.6. The van der Waals surface area contributed by atoms with Crippen LogP contribution in [0.1, 0.15) is 23.5 Å². The number of nitrogens with one attached hydrogen (secondary N) is 3. The number of carbonyl (C=O) groups is 2. The van der Waals surface area contributed by atoms with E-state index in [1.165, 1.54) is 0 Å². The predicted octanol–water partition coefficient (Wildman–Crippen LogP) is 6.52. The van der Waals surface area contributed by atoms with E-state index in [-0.39, 0.29) is 12.1 Å². The van der Waals surface area contributed by atoms with E-state index in [0.717, 1.165) is 75.4 Å². The smallest absolute Gasteiger partial charge is 0.157 e. The summed E-state index contributed by atoms with van der Waals surface area (Å²) in [6.07, 6.45) is 4.86. The second-order valence-electron chi connectivity index (χ2n) is 11.6. The van der Waals surface area contributed by atoms with Crippen LogP contribution in [0.4, 0.5) is 11.5 Å². The molecule has 1 aliphatic heterocycles. The van der Waals surface area contributed by atoms with E-state index in [1.807, 2.05) is 61.6 Å². The second kappa shape index (κ2) is 15.1. The van der Waals surface area contributed by atoms with Crippen molar-refractivity contribution in [2.75, 3.05) is 39.1 Å². The van der Waals surface area contributed by atoms with Gasteiger partial charge in [-0.1, -0.05) is 53.5 Å². The van der Waals surface area contributed by atoms with Gasteiger partial charge in [-0.2, -0.15) is 0 Å². The Morgan fingerprint density at radius 3 is 2.50 bits per heavy atom. The van der Waals surface area contributed by atoms with Crippen molar-refractivity contribution in [3.8, 4) is 28.1 Å². The van der Waals surface area contributed by atoms with E-state index in [0.29, 0.717) is 46.8 Å². The highest BCUT2D eigenvalue weighted by Crippen LogP contribution is 2.42. The molecule has 6 rings (SSSR count). The van der Waals surface area contributed by atoms with Crippen LogP contribution >= 0.6 is 34.5 Å². The predicted molar refractivity (Wildman–Crippen MR) is 193 cm³/mol. The molecule has 48 heavy (non-hydrogen) atoms. The van der Waals surface area contributed by atoms with Crippen molar-refractivity contribution in [1.82, 2.24) is 30.5 Å². The van der Waals surface area contributed by atoms with E-state index in [4.69, 9.17) is 37.9 Å². The number of hydrogen-bond donors (Lipinski definition) is 3. The van der Waals surface area contributed by atoms with E-state index < -0.39 is 0 Å². The molecule has 0 bridgehead atoms. The highest BCUT2D eigenvalue weighted by atomic mass is 35.5. The van der Waals surface area contributed by atoms with Crippen LogP contribution in [0.2, 0.25) is 10.0 Å². The third kappa shape index (κ3) is 7.07. The van der Waals surface area contributed by atoms with Crippen LogP contribution in [0, 0.1) is 0 Å². The van der Waals surface area contributed by atoms with Gasteiger partial charge in [0.05, 0.1) is 45.5 Å². The monoisotopic (exact) mass is 703 g/mol. The summed E-state index contributed by atoms with van der Waals surface area (Å²) >= 11 is 15.7. The Balaban J connectivity index is 1.26. The topological polar surface area (TPSA) is 121 Å². The summed E-state index contributed by atoms with van der Waals surface area (Å²) < 4.78 is 6.64. The Labute approximate surface area is 292 Å². The van der Waals surface area contributed by atoms with Gasteiger partial charge in [-0.3, -0.25) is 4.90 Å². The first-order valence-corrected chi connectivity index (χ1v) is 17.1. The molecule has 2 aromatic carbocycles. The van der Waals surface area contributed by atoms with Gasteiger partial charge in [0.25, 0.3) is 0 Å². The van der Waals surface area contributed by atoms with E-state index >= 15 is 0 Å². The zero-order valence-corrected chi connectivity index (χ0v) is 28.9. The van der Waals surface area contributed by atoms with Crippen molar-refractivity contribution < 1.29 is 14.3 Å². The number of aromatic nitrogens is 3. The minimum Gasteiger partial charge on any atom is -0.495 e. The normalized spacial score (nSPS) is 14.1. The van der Waals surface area contributed by atoms with Gasteiger partial charge < -0.3 is 30.3 Å². The Morgan fingerprint density at radius 2 is 1.75 bits per heavy atom. The minimum atomic E-state index is -0.0625. The molecule has 3 N–H and O–H groups in total. The molecule has 1 fully saturated rings. The first kappa shape index (κ1) is 33.9. The Bertz CT molecular complexity index is 1950. The number of ether oxygens (including phenoxy) is 1. The number of pyridine rings is 2.